The van der Waals surface area contributed by atoms with E-state index in [0.29, 0.717) is 36.1 Å². The molecular formula is C26H34ClN5O2. The van der Waals surface area contributed by atoms with Crippen LogP contribution in [0.5, 0.6) is 0 Å². The average molecular weight is 484 g/mol. The zero-order chi connectivity index (χ0) is 24.6. The highest BCUT2D eigenvalue weighted by Gasteiger charge is 2.42. The largest absolute Gasteiger partial charge is 0.491 e. The van der Waals surface area contributed by atoms with E-state index in [9.17, 15) is 10.1 Å². The maximum absolute atomic E-state index is 12.9. The summed E-state index contributed by atoms with van der Waals surface area (Å²) in [6.45, 7) is 7.09. The van der Waals surface area contributed by atoms with E-state index in [4.69, 9.17) is 16.3 Å². The number of carbonyl (C=O) groups is 1. The lowest BCUT2D eigenvalue weighted by Crippen LogP contribution is -2.56. The number of hydrogen-bond donors (Lipinski definition) is 1. The third kappa shape index (κ3) is 6.32. The topological polar surface area (TPSA) is 81.0 Å². The summed E-state index contributed by atoms with van der Waals surface area (Å²) < 4.78 is 5.86. The average Bonchev–Trinajstić information content (AvgIpc) is 3.16. The van der Waals surface area contributed by atoms with Crippen LogP contribution in [0.4, 0.5) is 4.79 Å². The predicted molar refractivity (Wildman–Crippen MR) is 136 cm³/mol. The molecule has 34 heavy (non-hydrogen) atoms. The molecule has 0 aromatic heterocycles. The highest BCUT2D eigenvalue weighted by molar-refractivity contribution is 6.29. The van der Waals surface area contributed by atoms with Crippen LogP contribution in [0.15, 0.2) is 63.8 Å². The van der Waals surface area contributed by atoms with Gasteiger partial charge in [0.25, 0.3) is 0 Å². The molecule has 3 rings (SSSR count). The number of likely N-dealkylation sites (tertiary alicyclic amines) is 1. The van der Waals surface area contributed by atoms with Crippen molar-refractivity contribution in [2.45, 2.75) is 39.5 Å². The van der Waals surface area contributed by atoms with Crippen LogP contribution in [0.1, 0.15) is 39.5 Å². The Labute approximate surface area is 207 Å². The van der Waals surface area contributed by atoms with Crippen molar-refractivity contribution >= 4 is 23.8 Å². The molecule has 8 heteroatoms. The second kappa shape index (κ2) is 11.9. The third-order valence-corrected chi connectivity index (χ3v) is 6.67. The van der Waals surface area contributed by atoms with Crippen LogP contribution >= 0.6 is 11.6 Å². The number of nitrogens with zero attached hydrogens (tertiary/aromatic N) is 4. The first-order valence-electron chi connectivity index (χ1n) is 11.9. The van der Waals surface area contributed by atoms with Gasteiger partial charge in [-0.2, -0.15) is 5.26 Å². The summed E-state index contributed by atoms with van der Waals surface area (Å²) in [5.41, 5.74) is 0.817. The second-order valence-electron chi connectivity index (χ2n) is 8.89. The third-order valence-electron chi connectivity index (χ3n) is 6.40. The quantitative estimate of drug-likeness (QED) is 0.496. The van der Waals surface area contributed by atoms with Crippen molar-refractivity contribution in [3.63, 3.8) is 0 Å². The second-order valence-corrected chi connectivity index (χ2v) is 9.37. The van der Waals surface area contributed by atoms with Crippen molar-refractivity contribution in [1.29, 1.82) is 5.26 Å². The molecule has 0 aromatic rings. The van der Waals surface area contributed by atoms with Gasteiger partial charge in [0.1, 0.15) is 11.6 Å². The lowest BCUT2D eigenvalue weighted by Gasteiger charge is -2.51. The van der Waals surface area contributed by atoms with Crippen LogP contribution in [0.3, 0.4) is 0 Å². The van der Waals surface area contributed by atoms with Crippen LogP contribution in [0.25, 0.3) is 0 Å². The van der Waals surface area contributed by atoms with Crippen molar-refractivity contribution < 1.29 is 9.53 Å². The summed E-state index contributed by atoms with van der Waals surface area (Å²) in [6, 6.07) is 2.09. The summed E-state index contributed by atoms with van der Waals surface area (Å²) in [6.07, 6.45) is 16.3. The summed E-state index contributed by atoms with van der Waals surface area (Å²) in [5.74, 6) is 1.20. The molecule has 1 saturated heterocycles. The first kappa shape index (κ1) is 25.6. The molecule has 1 fully saturated rings. The Morgan fingerprint density at radius 3 is 2.94 bits per heavy atom. The molecule has 1 atom stereocenters. The van der Waals surface area contributed by atoms with E-state index < -0.39 is 0 Å². The summed E-state index contributed by atoms with van der Waals surface area (Å²) in [4.78, 5) is 21.2. The highest BCUT2D eigenvalue weighted by atomic mass is 35.5. The van der Waals surface area contributed by atoms with Gasteiger partial charge in [0, 0.05) is 49.8 Å². The van der Waals surface area contributed by atoms with Crippen molar-refractivity contribution in [1.82, 2.24) is 15.1 Å². The zero-order valence-corrected chi connectivity index (χ0v) is 21.0. The van der Waals surface area contributed by atoms with E-state index in [-0.39, 0.29) is 17.4 Å². The van der Waals surface area contributed by atoms with Gasteiger partial charge in [-0.05, 0) is 43.6 Å². The maximum atomic E-state index is 12.9. The molecule has 0 bridgehead atoms. The molecule has 2 aliphatic heterocycles. The Hall–Kier alpha value is -2.98. The van der Waals surface area contributed by atoms with E-state index in [1.54, 1.807) is 24.2 Å². The summed E-state index contributed by atoms with van der Waals surface area (Å²) in [7, 11) is 1.74. The molecule has 0 spiro atoms. The molecule has 2 amide bonds. The summed E-state index contributed by atoms with van der Waals surface area (Å²) >= 11 is 6.25. The monoisotopic (exact) mass is 483 g/mol. The van der Waals surface area contributed by atoms with Crippen LogP contribution < -0.4 is 5.32 Å². The number of rotatable bonds is 9. The molecule has 1 N–H and O–H groups in total. The first-order chi connectivity index (χ1) is 16.4. The molecule has 7 nitrogen and oxygen atoms in total. The highest BCUT2D eigenvalue weighted by Crippen LogP contribution is 2.39. The van der Waals surface area contributed by atoms with Gasteiger partial charge in [0.15, 0.2) is 0 Å². The minimum atomic E-state index is -0.257. The van der Waals surface area contributed by atoms with Gasteiger partial charge >= 0.3 is 6.03 Å². The van der Waals surface area contributed by atoms with Crippen LogP contribution in [-0.2, 0) is 4.74 Å². The van der Waals surface area contributed by atoms with Gasteiger partial charge in [0.05, 0.1) is 24.3 Å². The molecule has 0 saturated carbocycles. The van der Waals surface area contributed by atoms with Crippen LogP contribution in [-0.4, -0.2) is 55.3 Å². The first-order valence-corrected chi connectivity index (χ1v) is 12.3. The fourth-order valence-corrected chi connectivity index (χ4v) is 4.40. The molecule has 3 aliphatic rings. The molecule has 182 valence electrons. The van der Waals surface area contributed by atoms with E-state index in [1.165, 1.54) is 0 Å². The molecule has 0 radical (unpaired) electrons. The van der Waals surface area contributed by atoms with E-state index in [0.717, 1.165) is 38.2 Å². The number of nitrogens with one attached hydrogen (secondary N) is 1. The Bertz CT molecular complexity index is 980. The summed E-state index contributed by atoms with van der Waals surface area (Å²) in [5, 5.41) is 13.0. The van der Waals surface area contributed by atoms with Crippen molar-refractivity contribution in [2.24, 2.45) is 16.3 Å². The number of ether oxygens (including phenoxy) is 1. The molecule has 1 aliphatic carbocycles. The van der Waals surface area contributed by atoms with Gasteiger partial charge in [-0.1, -0.05) is 37.6 Å². The standard InChI is InChI=1S/C26H34ClN5O2/c1-4-14-34-23-16-21(27)9-6-10-22(23)31(3)25(33)30-13-11-26(5-2)18-32(19-26)24-15-20(17-28)8-7-12-29-24/h6-8,10,12,15-16,20H,4-5,9,11,13-14,18-19H2,1-3H3,(H,30,33). The predicted octanol–water partition coefficient (Wildman–Crippen LogP) is 5.07. The normalized spacial score (nSPS) is 21.0. The van der Waals surface area contributed by atoms with Crippen LogP contribution in [0, 0.1) is 22.7 Å². The molecule has 0 aromatic carbocycles. The number of nitriles is 1. The van der Waals surface area contributed by atoms with Gasteiger partial charge in [-0.3, -0.25) is 4.90 Å². The fourth-order valence-electron chi connectivity index (χ4n) is 4.21. The van der Waals surface area contributed by atoms with Crippen molar-refractivity contribution in [3.8, 4) is 6.07 Å². The number of urea groups is 1. The molecule has 1 unspecified atom stereocenters. The Kier molecular flexibility index (Phi) is 9.00. The van der Waals surface area contributed by atoms with Crippen molar-refractivity contribution in [2.75, 3.05) is 33.3 Å². The lowest BCUT2D eigenvalue weighted by atomic mass is 9.74. The molecule has 2 heterocycles. The van der Waals surface area contributed by atoms with Gasteiger partial charge in [-0.25, -0.2) is 9.79 Å². The zero-order valence-electron chi connectivity index (χ0n) is 20.3. The number of halogens is 1. The number of likely N-dealkylation sites (N-methyl/N-ethyl adjacent to an activating group) is 1. The van der Waals surface area contributed by atoms with E-state index in [2.05, 4.69) is 28.2 Å². The van der Waals surface area contributed by atoms with Crippen molar-refractivity contribution in [3.05, 3.63) is 58.8 Å². The van der Waals surface area contributed by atoms with Crippen LogP contribution in [0.2, 0.25) is 0 Å². The lowest BCUT2D eigenvalue weighted by molar-refractivity contribution is 0.0171. The molecular weight excluding hydrogens is 450 g/mol. The van der Waals surface area contributed by atoms with Gasteiger partial charge in [-0.15, -0.1) is 0 Å². The minimum Gasteiger partial charge on any atom is -0.491 e. The number of hydrogen-bond acceptors (Lipinski definition) is 5. The number of aliphatic imine (C=N–C) groups is 1. The number of allylic oxidation sites excluding steroid dienone is 7. The Balaban J connectivity index is 1.56. The minimum absolute atomic E-state index is 0.122. The number of carbonyl (C=O) groups excluding carboxylic acids is 1. The van der Waals surface area contributed by atoms with E-state index in [1.807, 2.05) is 37.3 Å². The van der Waals surface area contributed by atoms with Gasteiger partial charge < -0.3 is 15.0 Å². The SMILES string of the molecule is CCCOC1=C(N(C)C(=O)NCCC2(CC)CN(C3=CC(C#N)C=CC=N3)C2)C=CCC(Cl)=C1. The number of amides is 2. The Morgan fingerprint density at radius 2 is 2.24 bits per heavy atom. The smallest absolute Gasteiger partial charge is 0.321 e. The van der Waals surface area contributed by atoms with Gasteiger partial charge in [0.2, 0.25) is 0 Å². The fraction of sp³-hybridized carbons (Fsp3) is 0.500. The Morgan fingerprint density at radius 1 is 1.44 bits per heavy atom. The van der Waals surface area contributed by atoms with E-state index >= 15 is 0 Å². The maximum Gasteiger partial charge on any atom is 0.321 e.